The molecule has 0 saturated carbocycles. The van der Waals surface area contributed by atoms with E-state index in [1.165, 1.54) is 5.56 Å². The SMILES string of the molecule is CCCCc1c2nc(c(-c3ccccc3)c3ccc([nH]3)c(-c3ccc(N)cc3)c3ccc([nH]3)c(-c3ccccc3)c3nc1C=C3)C=C2. The number of rotatable bonds is 6. The van der Waals surface area contributed by atoms with Crippen molar-refractivity contribution in [3.63, 3.8) is 0 Å². The van der Waals surface area contributed by atoms with E-state index in [0.29, 0.717) is 0 Å². The van der Waals surface area contributed by atoms with Crippen LogP contribution in [0.25, 0.3) is 79.8 Å². The fraction of sp³-hybridized carbons (Fsp3) is 0.0952. The first-order valence-electron chi connectivity index (χ1n) is 16.3. The molecule has 0 atom stereocenters. The van der Waals surface area contributed by atoms with Crippen molar-refractivity contribution in [2.24, 2.45) is 0 Å². The minimum absolute atomic E-state index is 0.729. The van der Waals surface area contributed by atoms with Crippen LogP contribution in [0.15, 0.2) is 109 Å². The van der Waals surface area contributed by atoms with Crippen molar-refractivity contribution in [2.75, 3.05) is 5.73 Å². The second-order valence-corrected chi connectivity index (χ2v) is 12.1. The molecule has 0 saturated heterocycles. The quantitative estimate of drug-likeness (QED) is 0.164. The zero-order valence-electron chi connectivity index (χ0n) is 26.3. The van der Waals surface area contributed by atoms with Crippen LogP contribution < -0.4 is 5.73 Å². The highest BCUT2D eigenvalue weighted by atomic mass is 14.8. The first-order valence-corrected chi connectivity index (χ1v) is 16.3. The number of nitrogens with one attached hydrogen (secondary N) is 2. The van der Waals surface area contributed by atoms with Crippen LogP contribution in [-0.4, -0.2) is 19.9 Å². The molecule has 0 radical (unpaired) electrons. The summed E-state index contributed by atoms with van der Waals surface area (Å²) in [6.45, 7) is 2.23. The zero-order valence-corrected chi connectivity index (χ0v) is 26.3. The number of aromatic nitrogens is 4. The Morgan fingerprint density at radius 3 is 1.38 bits per heavy atom. The highest BCUT2D eigenvalue weighted by Gasteiger charge is 2.18. The molecule has 6 aromatic rings. The molecule has 5 heteroatoms. The Hall–Kier alpha value is -5.94. The van der Waals surface area contributed by atoms with Gasteiger partial charge in [-0.25, -0.2) is 9.97 Å². The average molecular weight is 610 g/mol. The van der Waals surface area contributed by atoms with Gasteiger partial charge in [0.1, 0.15) is 0 Å². The molecular weight excluding hydrogens is 574 g/mol. The second-order valence-electron chi connectivity index (χ2n) is 12.1. The number of benzene rings is 3. The smallest absolute Gasteiger partial charge is 0.0737 e. The molecule has 3 aromatic carbocycles. The van der Waals surface area contributed by atoms with Crippen LogP contribution in [0.3, 0.4) is 0 Å². The number of hydrogen-bond donors (Lipinski definition) is 3. The lowest BCUT2D eigenvalue weighted by Crippen LogP contribution is -1.95. The van der Waals surface area contributed by atoms with Crippen LogP contribution in [0.5, 0.6) is 0 Å². The van der Waals surface area contributed by atoms with E-state index in [0.717, 1.165) is 103 Å². The Kier molecular flexibility index (Phi) is 7.35. The molecule has 4 N–H and O–H groups in total. The first kappa shape index (κ1) is 28.5. The summed E-state index contributed by atoms with van der Waals surface area (Å²) in [7, 11) is 0. The Bertz CT molecular complexity index is 2190. The van der Waals surface area contributed by atoms with Crippen LogP contribution >= 0.6 is 0 Å². The third-order valence-corrected chi connectivity index (χ3v) is 8.96. The van der Waals surface area contributed by atoms with E-state index in [1.807, 2.05) is 12.1 Å². The molecule has 0 aliphatic carbocycles. The number of nitrogen functional groups attached to an aromatic ring is 1. The summed E-state index contributed by atoms with van der Waals surface area (Å²) in [6.07, 6.45) is 11.7. The van der Waals surface area contributed by atoms with Crippen molar-refractivity contribution in [1.82, 2.24) is 19.9 Å². The minimum Gasteiger partial charge on any atom is -0.399 e. The van der Waals surface area contributed by atoms with Crippen LogP contribution in [-0.2, 0) is 6.42 Å². The van der Waals surface area contributed by atoms with Gasteiger partial charge in [0.15, 0.2) is 0 Å². The second kappa shape index (κ2) is 12.1. The third-order valence-electron chi connectivity index (χ3n) is 8.96. The van der Waals surface area contributed by atoms with E-state index < -0.39 is 0 Å². The van der Waals surface area contributed by atoms with Crippen molar-refractivity contribution < 1.29 is 0 Å². The molecular formula is C42H35N5. The molecule has 8 rings (SSSR count). The van der Waals surface area contributed by atoms with Gasteiger partial charge in [-0.15, -0.1) is 0 Å². The predicted molar refractivity (Wildman–Crippen MR) is 198 cm³/mol. The number of aromatic amines is 2. The molecule has 8 bridgehead atoms. The van der Waals surface area contributed by atoms with Gasteiger partial charge in [-0.05, 0) is 90.2 Å². The van der Waals surface area contributed by atoms with Crippen LogP contribution in [0, 0.1) is 0 Å². The molecule has 5 nitrogen and oxygen atoms in total. The predicted octanol–water partition coefficient (Wildman–Crippen LogP) is 10.6. The largest absolute Gasteiger partial charge is 0.399 e. The molecule has 0 fully saturated rings. The zero-order chi connectivity index (χ0) is 31.7. The molecule has 0 spiro atoms. The number of H-pyrrole nitrogens is 2. The molecule has 0 unspecified atom stereocenters. The Balaban J connectivity index is 1.55. The van der Waals surface area contributed by atoms with E-state index in [-0.39, 0.29) is 0 Å². The van der Waals surface area contributed by atoms with Crippen molar-refractivity contribution in [2.45, 2.75) is 26.2 Å². The molecule has 2 aliphatic rings. The topological polar surface area (TPSA) is 83.4 Å². The van der Waals surface area contributed by atoms with Gasteiger partial charge in [-0.3, -0.25) is 0 Å². The summed E-state index contributed by atoms with van der Waals surface area (Å²) < 4.78 is 0. The lowest BCUT2D eigenvalue weighted by molar-refractivity contribution is 0.788. The van der Waals surface area contributed by atoms with Gasteiger partial charge in [0.25, 0.3) is 0 Å². The fourth-order valence-electron chi connectivity index (χ4n) is 6.65. The maximum absolute atomic E-state index is 6.14. The highest BCUT2D eigenvalue weighted by Crippen LogP contribution is 2.36. The maximum Gasteiger partial charge on any atom is 0.0737 e. The number of fused-ring (bicyclic) bond motifs is 8. The van der Waals surface area contributed by atoms with Gasteiger partial charge >= 0.3 is 0 Å². The van der Waals surface area contributed by atoms with Gasteiger partial charge in [0.2, 0.25) is 0 Å². The van der Waals surface area contributed by atoms with Gasteiger partial charge in [-0.1, -0.05) is 86.1 Å². The summed E-state index contributed by atoms with van der Waals surface area (Å²) in [6, 6.07) is 37.8. The molecule has 5 heterocycles. The van der Waals surface area contributed by atoms with Crippen molar-refractivity contribution in [3.05, 3.63) is 138 Å². The number of hydrogen-bond acceptors (Lipinski definition) is 3. The normalized spacial score (nSPS) is 12.1. The van der Waals surface area contributed by atoms with E-state index in [4.69, 9.17) is 15.7 Å². The molecule has 228 valence electrons. The third kappa shape index (κ3) is 5.36. The van der Waals surface area contributed by atoms with Crippen molar-refractivity contribution >= 4 is 52.1 Å². The molecule has 47 heavy (non-hydrogen) atoms. The van der Waals surface area contributed by atoms with Gasteiger partial charge in [-0.2, -0.15) is 0 Å². The number of nitrogens with two attached hydrogens (primary N) is 1. The average Bonchev–Trinajstić information content (AvgIpc) is 3.94. The number of unbranched alkanes of at least 4 members (excludes halogenated alkanes) is 1. The first-order chi connectivity index (χ1) is 23.2. The lowest BCUT2D eigenvalue weighted by Gasteiger charge is -2.06. The van der Waals surface area contributed by atoms with E-state index in [1.54, 1.807) is 0 Å². The van der Waals surface area contributed by atoms with Crippen LogP contribution in [0.1, 0.15) is 48.1 Å². The van der Waals surface area contributed by atoms with Crippen LogP contribution in [0.4, 0.5) is 5.69 Å². The van der Waals surface area contributed by atoms with E-state index in [9.17, 15) is 0 Å². The lowest BCUT2D eigenvalue weighted by atomic mass is 10.0. The summed E-state index contributed by atoms with van der Waals surface area (Å²) in [5.41, 5.74) is 22.3. The summed E-state index contributed by atoms with van der Waals surface area (Å²) in [4.78, 5) is 18.2. The standard InChI is InChI=1S/C42H35N5/c1-2-3-14-31-32-19-21-34(44-32)40(27-10-6-4-7-11-27)36-23-25-38(46-36)42(29-15-17-30(43)18-16-29)39-26-24-37(47-39)41(28-12-8-5-9-13-28)35-22-20-33(31)45-35/h4-13,15-26,46-47H,2-3,14,43H2,1H3. The van der Waals surface area contributed by atoms with Crippen molar-refractivity contribution in [3.8, 4) is 33.4 Å². The highest BCUT2D eigenvalue weighted by molar-refractivity contribution is 5.99. The monoisotopic (exact) mass is 609 g/mol. The van der Waals surface area contributed by atoms with Gasteiger partial charge in [0.05, 0.1) is 22.8 Å². The Morgan fingerprint density at radius 2 is 0.915 bits per heavy atom. The number of nitrogens with zero attached hydrogens (tertiary/aromatic N) is 2. The fourth-order valence-corrected chi connectivity index (χ4v) is 6.65. The summed E-state index contributed by atoms with van der Waals surface area (Å²) in [5.74, 6) is 0. The molecule has 2 aliphatic heterocycles. The van der Waals surface area contributed by atoms with E-state index in [2.05, 4.69) is 138 Å². The van der Waals surface area contributed by atoms with Crippen molar-refractivity contribution in [1.29, 1.82) is 0 Å². The van der Waals surface area contributed by atoms with Crippen LogP contribution in [0.2, 0.25) is 0 Å². The maximum atomic E-state index is 6.14. The van der Waals surface area contributed by atoms with Gasteiger partial charge in [0, 0.05) is 50.0 Å². The summed E-state index contributed by atoms with van der Waals surface area (Å²) in [5, 5.41) is 0. The summed E-state index contributed by atoms with van der Waals surface area (Å²) >= 11 is 0. The number of anilines is 1. The van der Waals surface area contributed by atoms with E-state index >= 15 is 0 Å². The minimum atomic E-state index is 0.729. The van der Waals surface area contributed by atoms with Gasteiger partial charge < -0.3 is 15.7 Å². The Labute approximate surface area is 274 Å². The molecule has 0 amide bonds. The Morgan fingerprint density at radius 1 is 0.489 bits per heavy atom. The molecule has 3 aromatic heterocycles.